The Morgan fingerprint density at radius 3 is 2.56 bits per heavy atom. The van der Waals surface area contributed by atoms with Crippen molar-refractivity contribution in [3.8, 4) is 34.4 Å². The van der Waals surface area contributed by atoms with E-state index in [4.69, 9.17) is 18.6 Å². The first kappa shape index (κ1) is 28.3. The summed E-state index contributed by atoms with van der Waals surface area (Å²) in [4.78, 5) is 4.74. The molecule has 5 aromatic rings. The van der Waals surface area contributed by atoms with Gasteiger partial charge in [-0.1, -0.05) is 75.4 Å². The van der Waals surface area contributed by atoms with E-state index in [0.717, 1.165) is 29.7 Å². The maximum atomic E-state index is 13.0. The molecule has 41 heavy (non-hydrogen) atoms. The average molecular weight is 573 g/mol. The summed E-state index contributed by atoms with van der Waals surface area (Å²) >= 11 is -1.84. The number of H-pyrrole nitrogens is 1. The number of aryl methyl sites for hydroxylation is 1. The Balaban J connectivity index is 1.22. The van der Waals surface area contributed by atoms with E-state index in [1.807, 2.05) is 92.0 Å². The van der Waals surface area contributed by atoms with E-state index in [9.17, 15) is 4.21 Å². The number of aromatic amines is 1. The molecular formula is C32H36N4O4S. The van der Waals surface area contributed by atoms with Gasteiger partial charge in [-0.2, -0.15) is 4.21 Å². The molecule has 0 spiro atoms. The van der Waals surface area contributed by atoms with Crippen LogP contribution in [0.5, 0.6) is 23.0 Å². The Morgan fingerprint density at radius 1 is 0.878 bits per heavy atom. The summed E-state index contributed by atoms with van der Waals surface area (Å²) in [6.45, 7) is 4.78. The van der Waals surface area contributed by atoms with Gasteiger partial charge in [-0.15, -0.1) is 0 Å². The largest absolute Gasteiger partial charge is 0.490 e. The number of benzene rings is 3. The van der Waals surface area contributed by atoms with Crippen LogP contribution in [0.4, 0.5) is 5.69 Å². The maximum Gasteiger partial charge on any atom is 0.316 e. The fourth-order valence-corrected chi connectivity index (χ4v) is 5.12. The van der Waals surface area contributed by atoms with Crippen molar-refractivity contribution in [1.82, 2.24) is 14.6 Å². The number of nitrogens with zero attached hydrogens (tertiary/aromatic N) is 2. The van der Waals surface area contributed by atoms with E-state index in [1.54, 1.807) is 4.52 Å². The molecule has 2 aromatic heterocycles. The summed E-state index contributed by atoms with van der Waals surface area (Å²) in [6.07, 6.45) is 8.98. The molecule has 9 heteroatoms. The van der Waals surface area contributed by atoms with Gasteiger partial charge in [0.05, 0.1) is 12.3 Å². The molecule has 0 radical (unpaired) electrons. The van der Waals surface area contributed by atoms with Crippen LogP contribution >= 0.6 is 0 Å². The van der Waals surface area contributed by atoms with Gasteiger partial charge in [0.25, 0.3) is 0 Å². The summed E-state index contributed by atoms with van der Waals surface area (Å²) in [5.74, 6) is 3.08. The lowest BCUT2D eigenvalue weighted by Crippen LogP contribution is -2.12. The van der Waals surface area contributed by atoms with Gasteiger partial charge in [0, 0.05) is 17.8 Å². The highest BCUT2D eigenvalue weighted by Crippen LogP contribution is 2.31. The summed E-state index contributed by atoms with van der Waals surface area (Å²) in [7, 11) is 0. The van der Waals surface area contributed by atoms with Gasteiger partial charge in [0.1, 0.15) is 5.75 Å². The van der Waals surface area contributed by atoms with E-state index >= 15 is 0 Å². The zero-order chi connectivity index (χ0) is 28.4. The molecule has 0 saturated carbocycles. The van der Waals surface area contributed by atoms with Crippen LogP contribution in [0.3, 0.4) is 0 Å². The lowest BCUT2D eigenvalue weighted by Gasteiger charge is -2.13. The Kier molecular flexibility index (Phi) is 9.59. The van der Waals surface area contributed by atoms with E-state index in [2.05, 4.69) is 16.7 Å². The van der Waals surface area contributed by atoms with Crippen molar-refractivity contribution in [2.24, 2.45) is 0 Å². The van der Waals surface area contributed by atoms with Gasteiger partial charge in [-0.05, 0) is 55.3 Å². The number of anilines is 1. The van der Waals surface area contributed by atoms with Gasteiger partial charge in [0.2, 0.25) is 0 Å². The first-order chi connectivity index (χ1) is 20.1. The minimum Gasteiger partial charge on any atom is -0.490 e. The van der Waals surface area contributed by atoms with Gasteiger partial charge in [0.15, 0.2) is 28.7 Å². The van der Waals surface area contributed by atoms with Crippen LogP contribution in [0.2, 0.25) is 0 Å². The molecule has 1 atom stereocenters. The van der Waals surface area contributed by atoms with E-state index in [-0.39, 0.29) is 0 Å². The van der Waals surface area contributed by atoms with Crippen molar-refractivity contribution in [1.29, 1.82) is 0 Å². The molecule has 0 amide bonds. The van der Waals surface area contributed by atoms with Crippen molar-refractivity contribution in [3.63, 3.8) is 0 Å². The van der Waals surface area contributed by atoms with Crippen molar-refractivity contribution >= 4 is 22.6 Å². The van der Waals surface area contributed by atoms with Crippen LogP contribution in [0.1, 0.15) is 51.0 Å². The topological polar surface area (TPSA) is 89.9 Å². The highest BCUT2D eigenvalue weighted by atomic mass is 32.2. The second kappa shape index (κ2) is 13.9. The molecule has 0 aliphatic heterocycles. The Bertz CT molecular complexity index is 1580. The maximum absolute atomic E-state index is 13.0. The summed E-state index contributed by atoms with van der Waals surface area (Å²) in [5.41, 5.74) is 3.11. The van der Waals surface area contributed by atoms with Crippen molar-refractivity contribution in [2.75, 3.05) is 11.3 Å². The third-order valence-corrected chi connectivity index (χ3v) is 7.33. The molecule has 3 aromatic carbocycles. The number of hydrogen-bond acceptors (Lipinski definition) is 5. The van der Waals surface area contributed by atoms with Crippen LogP contribution in [-0.4, -0.2) is 25.4 Å². The second-order valence-corrected chi connectivity index (χ2v) is 10.8. The number of ether oxygens (including phenoxy) is 2. The molecule has 0 aliphatic rings. The van der Waals surface area contributed by atoms with Crippen LogP contribution in [0.15, 0.2) is 85.1 Å². The molecular weight excluding hydrogens is 536 g/mol. The molecule has 2 heterocycles. The second-order valence-electron chi connectivity index (χ2n) is 9.93. The van der Waals surface area contributed by atoms with Crippen LogP contribution in [0, 0.1) is 6.92 Å². The van der Waals surface area contributed by atoms with Crippen molar-refractivity contribution in [3.05, 3.63) is 90.6 Å². The van der Waals surface area contributed by atoms with E-state index < -0.39 is 11.3 Å². The molecule has 1 unspecified atom stereocenters. The minimum atomic E-state index is -1.84. The molecule has 0 bridgehead atoms. The number of hydrogen-bond donors (Lipinski definition) is 2. The van der Waals surface area contributed by atoms with E-state index in [0.29, 0.717) is 41.0 Å². The summed E-state index contributed by atoms with van der Waals surface area (Å²) < 4.78 is 35.5. The third-order valence-electron chi connectivity index (χ3n) is 6.60. The lowest BCUT2D eigenvalue weighted by molar-refractivity contribution is 0.296. The van der Waals surface area contributed by atoms with Crippen molar-refractivity contribution < 1.29 is 17.9 Å². The standard InChI is InChI=1S/C32H36N4O4S/c1-3-4-5-6-7-11-21-38-28-18-17-24(2)22-30(28)40-41(37)35-26-14-12-13-25(23-26)31-33-32-29(19-20-36(32)34-31)39-27-15-9-8-10-16-27/h8-10,12-20,22-23,35H,3-7,11,21H2,1-2H3,(H,33,34). The SMILES string of the molecule is CCCCCCCCOc1ccc(C)cc1OS(=O)Nc1cccc(-c2nc3c(Oc4ccccc4)ccn3[nH]2)c1. The summed E-state index contributed by atoms with van der Waals surface area (Å²) in [6, 6.07) is 24.6. The molecule has 0 saturated heterocycles. The quantitative estimate of drug-likeness (QED) is 0.123. The number of nitrogens with one attached hydrogen (secondary N) is 2. The molecule has 2 N–H and O–H groups in total. The smallest absolute Gasteiger partial charge is 0.316 e. The molecule has 0 aliphatic carbocycles. The minimum absolute atomic E-state index is 0.449. The third kappa shape index (κ3) is 7.70. The predicted molar refractivity (Wildman–Crippen MR) is 164 cm³/mol. The Hall–Kier alpha value is -4.24. The molecule has 5 rings (SSSR count). The summed E-state index contributed by atoms with van der Waals surface area (Å²) in [5, 5.41) is 3.26. The Labute approximate surface area is 243 Å². The van der Waals surface area contributed by atoms with Crippen LogP contribution in [0.25, 0.3) is 17.0 Å². The number of aromatic nitrogens is 3. The number of para-hydroxylation sites is 1. The zero-order valence-electron chi connectivity index (χ0n) is 23.5. The highest BCUT2D eigenvalue weighted by Gasteiger charge is 2.14. The monoisotopic (exact) mass is 572 g/mol. The van der Waals surface area contributed by atoms with Crippen LogP contribution in [-0.2, 0) is 11.3 Å². The fourth-order valence-electron chi connectivity index (χ4n) is 4.47. The zero-order valence-corrected chi connectivity index (χ0v) is 24.3. The van der Waals surface area contributed by atoms with Gasteiger partial charge in [-0.25, -0.2) is 9.50 Å². The predicted octanol–water partition coefficient (Wildman–Crippen LogP) is 8.24. The normalized spacial score (nSPS) is 11.9. The Morgan fingerprint density at radius 2 is 1.71 bits per heavy atom. The van der Waals surface area contributed by atoms with Crippen molar-refractivity contribution in [2.45, 2.75) is 52.4 Å². The lowest BCUT2D eigenvalue weighted by atomic mass is 10.1. The average Bonchev–Trinajstić information content (AvgIpc) is 3.56. The van der Waals surface area contributed by atoms with Gasteiger partial charge in [-0.3, -0.25) is 9.82 Å². The molecule has 8 nitrogen and oxygen atoms in total. The molecule has 0 fully saturated rings. The first-order valence-corrected chi connectivity index (χ1v) is 15.2. The number of unbranched alkanes of at least 4 members (excludes halogenated alkanes) is 5. The van der Waals surface area contributed by atoms with Crippen LogP contribution < -0.4 is 18.4 Å². The molecule has 214 valence electrons. The fraction of sp³-hybridized carbons (Fsp3) is 0.281. The van der Waals surface area contributed by atoms with Gasteiger partial charge < -0.3 is 13.7 Å². The number of fused-ring (bicyclic) bond motifs is 1. The number of rotatable bonds is 15. The first-order valence-electron chi connectivity index (χ1n) is 14.1. The van der Waals surface area contributed by atoms with E-state index in [1.165, 1.54) is 25.7 Å². The highest BCUT2D eigenvalue weighted by molar-refractivity contribution is 7.82. The van der Waals surface area contributed by atoms with Gasteiger partial charge >= 0.3 is 11.3 Å².